The minimum Gasteiger partial charge on any atom is -0.396 e. The highest BCUT2D eigenvalue weighted by molar-refractivity contribution is 9.09. The van der Waals surface area contributed by atoms with Crippen LogP contribution in [0.1, 0.15) is 38.5 Å². The molecule has 5 heteroatoms. The quantitative estimate of drug-likeness (QED) is 0.450. The van der Waals surface area contributed by atoms with Crippen LogP contribution in [0, 0.1) is 0 Å². The van der Waals surface area contributed by atoms with Crippen molar-refractivity contribution in [2.24, 2.45) is 0 Å². The Hall–Kier alpha value is 0.320. The zero-order chi connectivity index (χ0) is 12.4. The molecule has 0 fully saturated rings. The first-order valence-electron chi connectivity index (χ1n) is 5.81. The number of halogens is 1. The number of aliphatic hydroxyl groups excluding tert-OH is 4. The van der Waals surface area contributed by atoms with Gasteiger partial charge in [0.15, 0.2) is 0 Å². The van der Waals surface area contributed by atoms with Gasteiger partial charge in [-0.2, -0.15) is 0 Å². The van der Waals surface area contributed by atoms with E-state index < -0.39 is 12.2 Å². The van der Waals surface area contributed by atoms with Crippen molar-refractivity contribution in [3.8, 4) is 0 Å². The monoisotopic (exact) mass is 298 g/mol. The van der Waals surface area contributed by atoms with E-state index in [0.717, 1.165) is 5.33 Å². The Morgan fingerprint density at radius 2 is 1.06 bits per heavy atom. The predicted octanol–water partition coefficient (Wildman–Crippen LogP) is 0.797. The third-order valence-corrected chi connectivity index (χ3v) is 3.03. The summed E-state index contributed by atoms with van der Waals surface area (Å²) in [6.07, 6.45) is 1.84. The van der Waals surface area contributed by atoms with Crippen LogP contribution >= 0.6 is 15.9 Å². The molecule has 0 heterocycles. The van der Waals surface area contributed by atoms with Crippen LogP contribution in [0.15, 0.2) is 0 Å². The molecule has 0 aliphatic heterocycles. The lowest BCUT2D eigenvalue weighted by atomic mass is 10.0. The van der Waals surface area contributed by atoms with E-state index in [1.807, 2.05) is 0 Å². The lowest BCUT2D eigenvalue weighted by Crippen LogP contribution is -2.17. The summed E-state index contributed by atoms with van der Waals surface area (Å²) in [7, 11) is 0. The van der Waals surface area contributed by atoms with E-state index in [1.54, 1.807) is 0 Å². The molecular weight excluding hydrogens is 276 g/mol. The maximum atomic E-state index is 9.59. The van der Waals surface area contributed by atoms with Crippen LogP contribution in [-0.4, -0.2) is 50.7 Å². The highest BCUT2D eigenvalue weighted by Crippen LogP contribution is 2.12. The van der Waals surface area contributed by atoms with Crippen molar-refractivity contribution in [1.29, 1.82) is 0 Å². The molecule has 4 N–H and O–H groups in total. The van der Waals surface area contributed by atoms with Gasteiger partial charge in [-0.3, -0.25) is 0 Å². The van der Waals surface area contributed by atoms with Gasteiger partial charge in [-0.15, -0.1) is 0 Å². The molecule has 0 aromatic heterocycles. The molecule has 0 saturated carbocycles. The van der Waals surface area contributed by atoms with Crippen molar-refractivity contribution in [2.45, 2.75) is 56.8 Å². The molecule has 0 aliphatic rings. The summed E-state index contributed by atoms with van der Waals surface area (Å²) in [5.74, 6) is 0. The van der Waals surface area contributed by atoms with E-state index in [-0.39, 0.29) is 12.7 Å². The molecule has 16 heavy (non-hydrogen) atoms. The Bertz CT molecular complexity index is 141. The average Bonchev–Trinajstić information content (AvgIpc) is 2.24. The van der Waals surface area contributed by atoms with Gasteiger partial charge in [0.1, 0.15) is 0 Å². The fraction of sp³-hybridized carbons (Fsp3) is 1.00. The number of alkyl halides is 1. The normalized spacial score (nSPS) is 17.1. The van der Waals surface area contributed by atoms with E-state index in [9.17, 15) is 15.3 Å². The standard InChI is InChI=1S/C11H23BrO4/c12-7-5-10(15)3-1-9(14)2-4-11(16)6-8-13/h9-11,13-16H,1-8H2. The third-order valence-electron chi connectivity index (χ3n) is 2.57. The van der Waals surface area contributed by atoms with Gasteiger partial charge < -0.3 is 20.4 Å². The summed E-state index contributed by atoms with van der Waals surface area (Å²) in [5, 5.41) is 37.7. The molecule has 0 rings (SSSR count). The van der Waals surface area contributed by atoms with Crippen LogP contribution in [0.5, 0.6) is 0 Å². The van der Waals surface area contributed by atoms with Crippen molar-refractivity contribution < 1.29 is 20.4 Å². The van der Waals surface area contributed by atoms with Gasteiger partial charge in [-0.1, -0.05) is 15.9 Å². The molecule has 0 radical (unpaired) electrons. The van der Waals surface area contributed by atoms with E-state index in [2.05, 4.69) is 15.9 Å². The highest BCUT2D eigenvalue weighted by atomic mass is 79.9. The Labute approximate surface area is 105 Å². The second-order valence-corrected chi connectivity index (χ2v) is 4.90. The van der Waals surface area contributed by atoms with Crippen LogP contribution in [0.3, 0.4) is 0 Å². The fourth-order valence-electron chi connectivity index (χ4n) is 1.48. The molecule has 0 aromatic carbocycles. The van der Waals surface area contributed by atoms with E-state index in [4.69, 9.17) is 5.11 Å². The maximum absolute atomic E-state index is 9.59. The van der Waals surface area contributed by atoms with Gasteiger partial charge in [0, 0.05) is 11.9 Å². The fourth-order valence-corrected chi connectivity index (χ4v) is 2.01. The molecular formula is C11H23BrO4. The molecule has 0 amide bonds. The van der Waals surface area contributed by atoms with Gasteiger partial charge in [0.2, 0.25) is 0 Å². The minimum absolute atomic E-state index is 0.0266. The van der Waals surface area contributed by atoms with Crippen molar-refractivity contribution in [2.75, 3.05) is 11.9 Å². The summed E-state index contributed by atoms with van der Waals surface area (Å²) in [6.45, 7) is -0.0266. The predicted molar refractivity (Wildman–Crippen MR) is 66.6 cm³/mol. The molecule has 0 saturated heterocycles. The topological polar surface area (TPSA) is 80.9 Å². The zero-order valence-corrected chi connectivity index (χ0v) is 11.1. The van der Waals surface area contributed by atoms with Gasteiger partial charge in [-0.05, 0) is 38.5 Å². The Morgan fingerprint density at radius 1 is 0.688 bits per heavy atom. The van der Waals surface area contributed by atoms with Gasteiger partial charge >= 0.3 is 0 Å². The van der Waals surface area contributed by atoms with E-state index in [0.29, 0.717) is 38.5 Å². The number of hydrogen-bond acceptors (Lipinski definition) is 4. The molecule has 0 spiro atoms. The van der Waals surface area contributed by atoms with Gasteiger partial charge in [0.25, 0.3) is 0 Å². The van der Waals surface area contributed by atoms with Crippen LogP contribution < -0.4 is 0 Å². The molecule has 0 bridgehead atoms. The largest absolute Gasteiger partial charge is 0.396 e. The molecule has 4 nitrogen and oxygen atoms in total. The number of aliphatic hydroxyl groups is 4. The maximum Gasteiger partial charge on any atom is 0.0563 e. The highest BCUT2D eigenvalue weighted by Gasteiger charge is 2.11. The van der Waals surface area contributed by atoms with Crippen LogP contribution in [0.4, 0.5) is 0 Å². The Morgan fingerprint density at radius 3 is 1.44 bits per heavy atom. The second kappa shape index (κ2) is 10.5. The lowest BCUT2D eigenvalue weighted by Gasteiger charge is -2.15. The molecule has 3 unspecified atom stereocenters. The van der Waals surface area contributed by atoms with Crippen LogP contribution in [-0.2, 0) is 0 Å². The molecule has 0 aromatic rings. The average molecular weight is 299 g/mol. The van der Waals surface area contributed by atoms with Gasteiger partial charge in [-0.25, -0.2) is 0 Å². The van der Waals surface area contributed by atoms with Crippen molar-refractivity contribution in [1.82, 2.24) is 0 Å². The summed E-state index contributed by atoms with van der Waals surface area (Å²) < 4.78 is 0. The third kappa shape index (κ3) is 9.54. The SMILES string of the molecule is OCCC(O)CCC(O)CCC(O)CCBr. The smallest absolute Gasteiger partial charge is 0.0563 e. The van der Waals surface area contributed by atoms with Crippen molar-refractivity contribution in [3.63, 3.8) is 0 Å². The first kappa shape index (κ1) is 16.3. The van der Waals surface area contributed by atoms with Crippen molar-refractivity contribution in [3.05, 3.63) is 0 Å². The second-order valence-electron chi connectivity index (χ2n) is 4.11. The van der Waals surface area contributed by atoms with Crippen LogP contribution in [0.25, 0.3) is 0 Å². The van der Waals surface area contributed by atoms with Crippen molar-refractivity contribution >= 4 is 15.9 Å². The first-order valence-corrected chi connectivity index (χ1v) is 6.93. The summed E-state index contributed by atoms with van der Waals surface area (Å²) >= 11 is 3.24. The summed E-state index contributed by atoms with van der Waals surface area (Å²) in [6, 6.07) is 0. The van der Waals surface area contributed by atoms with Gasteiger partial charge in [0.05, 0.1) is 18.3 Å². The lowest BCUT2D eigenvalue weighted by molar-refractivity contribution is 0.0784. The Kier molecular flexibility index (Phi) is 10.7. The Balaban J connectivity index is 3.46. The molecule has 3 atom stereocenters. The van der Waals surface area contributed by atoms with E-state index >= 15 is 0 Å². The van der Waals surface area contributed by atoms with Crippen LogP contribution in [0.2, 0.25) is 0 Å². The first-order chi connectivity index (χ1) is 7.60. The molecule has 98 valence electrons. The van der Waals surface area contributed by atoms with E-state index in [1.165, 1.54) is 0 Å². The molecule has 0 aliphatic carbocycles. The summed E-state index contributed by atoms with van der Waals surface area (Å²) in [5.41, 5.74) is 0. The zero-order valence-electron chi connectivity index (χ0n) is 9.56. The summed E-state index contributed by atoms with van der Waals surface area (Å²) in [4.78, 5) is 0. The minimum atomic E-state index is -0.535. The number of rotatable bonds is 10. The number of hydrogen-bond donors (Lipinski definition) is 4.